The molecule has 0 fully saturated rings. The Morgan fingerprint density at radius 2 is 1.92 bits per heavy atom. The fraction of sp³-hybridized carbons (Fsp3) is 0.200. The molecule has 0 spiro atoms. The van der Waals surface area contributed by atoms with E-state index in [9.17, 15) is 14.7 Å². The minimum Gasteiger partial charge on any atom is -0.488 e. The molecule has 0 bridgehead atoms. The summed E-state index contributed by atoms with van der Waals surface area (Å²) in [6.45, 7) is 3.89. The highest BCUT2D eigenvalue weighted by Gasteiger charge is 2.21. The number of ether oxygens (including phenoxy) is 1. The Bertz CT molecular complexity index is 777. The fourth-order valence-corrected chi connectivity index (χ4v) is 2.66. The third kappa shape index (κ3) is 5.93. The Kier molecular flexibility index (Phi) is 7.24. The number of carbonyl (C=O) groups excluding carboxylic acids is 1. The molecule has 0 aliphatic carbocycles. The summed E-state index contributed by atoms with van der Waals surface area (Å²) in [6, 6.07) is 13.1. The number of nitrogens with one attached hydrogen (secondary N) is 1. The zero-order chi connectivity index (χ0) is 18.9. The van der Waals surface area contributed by atoms with Crippen LogP contribution in [0.3, 0.4) is 0 Å². The minimum atomic E-state index is -1.10. The monoisotopic (exact) mass is 373 g/mol. The molecule has 0 saturated heterocycles. The van der Waals surface area contributed by atoms with Gasteiger partial charge in [0.2, 0.25) is 5.91 Å². The molecule has 6 heteroatoms. The molecule has 2 N–H and O–H groups in total. The first-order valence-corrected chi connectivity index (χ1v) is 8.45. The molecule has 136 valence electrons. The highest BCUT2D eigenvalue weighted by Crippen LogP contribution is 2.26. The molecule has 2 rings (SSSR count). The zero-order valence-electron chi connectivity index (χ0n) is 14.2. The molecule has 0 aromatic heterocycles. The van der Waals surface area contributed by atoms with Gasteiger partial charge in [-0.05, 0) is 23.3 Å². The van der Waals surface area contributed by atoms with Crippen LogP contribution >= 0.6 is 11.6 Å². The third-order valence-corrected chi connectivity index (χ3v) is 3.93. The number of hydrogen-bond donors (Lipinski definition) is 2. The molecule has 0 heterocycles. The van der Waals surface area contributed by atoms with E-state index in [0.717, 1.165) is 5.56 Å². The predicted octanol–water partition coefficient (Wildman–Crippen LogP) is 3.26. The van der Waals surface area contributed by atoms with Crippen LogP contribution in [0.5, 0.6) is 5.75 Å². The van der Waals surface area contributed by atoms with Crippen molar-refractivity contribution in [3.8, 4) is 5.75 Å². The van der Waals surface area contributed by atoms with Gasteiger partial charge >= 0.3 is 5.97 Å². The number of benzene rings is 2. The lowest BCUT2D eigenvalue weighted by atomic mass is 10.0. The van der Waals surface area contributed by atoms with E-state index < -0.39 is 12.0 Å². The van der Waals surface area contributed by atoms with Gasteiger partial charge in [-0.25, -0.2) is 4.79 Å². The van der Waals surface area contributed by atoms with Crippen molar-refractivity contribution >= 4 is 23.5 Å². The van der Waals surface area contributed by atoms with Crippen LogP contribution in [0.1, 0.15) is 11.1 Å². The number of carboxylic acid groups (broad SMARTS) is 1. The van der Waals surface area contributed by atoms with Crippen molar-refractivity contribution in [2.45, 2.75) is 18.9 Å². The van der Waals surface area contributed by atoms with Crippen LogP contribution < -0.4 is 10.1 Å². The average Bonchev–Trinajstić information content (AvgIpc) is 2.61. The maximum absolute atomic E-state index is 12.1. The Hall–Kier alpha value is -2.79. The number of rotatable bonds is 9. The summed E-state index contributed by atoms with van der Waals surface area (Å²) in [5, 5.41) is 12.3. The van der Waals surface area contributed by atoms with Gasteiger partial charge in [0.15, 0.2) is 0 Å². The second-order valence-corrected chi connectivity index (χ2v) is 6.10. The number of amides is 1. The number of aliphatic carboxylic acids is 1. The van der Waals surface area contributed by atoms with Gasteiger partial charge in [0, 0.05) is 6.42 Å². The van der Waals surface area contributed by atoms with Gasteiger partial charge in [0.25, 0.3) is 0 Å². The number of carbonyl (C=O) groups is 2. The summed E-state index contributed by atoms with van der Waals surface area (Å²) in [6.07, 6.45) is 1.85. The lowest BCUT2D eigenvalue weighted by molar-refractivity contribution is -0.141. The van der Waals surface area contributed by atoms with Gasteiger partial charge in [0.05, 0.1) is 11.4 Å². The molecule has 1 atom stereocenters. The second kappa shape index (κ2) is 9.63. The first-order chi connectivity index (χ1) is 12.5. The molecule has 2 aromatic carbocycles. The summed E-state index contributed by atoms with van der Waals surface area (Å²) < 4.78 is 5.39. The van der Waals surface area contributed by atoms with Crippen LogP contribution in [0.15, 0.2) is 61.2 Å². The average molecular weight is 374 g/mol. The van der Waals surface area contributed by atoms with E-state index in [4.69, 9.17) is 16.3 Å². The molecule has 1 amide bonds. The topological polar surface area (TPSA) is 75.6 Å². The molecular formula is C20H20ClNO4. The Morgan fingerprint density at radius 1 is 1.19 bits per heavy atom. The normalized spacial score (nSPS) is 11.4. The van der Waals surface area contributed by atoms with E-state index in [-0.39, 0.29) is 18.7 Å². The Balaban J connectivity index is 2.01. The van der Waals surface area contributed by atoms with E-state index in [1.807, 2.05) is 30.3 Å². The SMILES string of the molecule is C=CCOc1ccc(C[C@@H](NC(=O)Cc2ccccc2)C(=O)O)cc1Cl. The van der Waals surface area contributed by atoms with E-state index in [1.165, 1.54) is 0 Å². The van der Waals surface area contributed by atoms with Crippen molar-refractivity contribution in [2.75, 3.05) is 6.61 Å². The highest BCUT2D eigenvalue weighted by molar-refractivity contribution is 6.32. The molecule has 0 radical (unpaired) electrons. The number of carboxylic acids is 1. The van der Waals surface area contributed by atoms with Crippen molar-refractivity contribution < 1.29 is 19.4 Å². The first kappa shape index (κ1) is 19.5. The van der Waals surface area contributed by atoms with E-state index in [1.54, 1.807) is 24.3 Å². The van der Waals surface area contributed by atoms with Crippen molar-refractivity contribution in [1.29, 1.82) is 0 Å². The molecule has 0 aliphatic heterocycles. The van der Waals surface area contributed by atoms with E-state index >= 15 is 0 Å². The van der Waals surface area contributed by atoms with Crippen LogP contribution in [0, 0.1) is 0 Å². The second-order valence-electron chi connectivity index (χ2n) is 5.69. The maximum Gasteiger partial charge on any atom is 0.326 e. The van der Waals surface area contributed by atoms with Crippen molar-refractivity contribution in [1.82, 2.24) is 5.32 Å². The van der Waals surface area contributed by atoms with Crippen molar-refractivity contribution in [3.05, 3.63) is 77.3 Å². The molecule has 0 aliphatic rings. The molecule has 26 heavy (non-hydrogen) atoms. The molecular weight excluding hydrogens is 354 g/mol. The summed E-state index contributed by atoms with van der Waals surface area (Å²) in [5.74, 6) is -0.953. The largest absolute Gasteiger partial charge is 0.488 e. The summed E-state index contributed by atoms with van der Waals surface area (Å²) in [5.41, 5.74) is 1.51. The van der Waals surface area contributed by atoms with Gasteiger partial charge in [-0.2, -0.15) is 0 Å². The molecule has 0 saturated carbocycles. The molecule has 5 nitrogen and oxygen atoms in total. The summed E-state index contributed by atoms with van der Waals surface area (Å²) in [4.78, 5) is 23.6. The predicted molar refractivity (Wildman–Crippen MR) is 101 cm³/mol. The van der Waals surface area contributed by atoms with Crippen molar-refractivity contribution in [3.63, 3.8) is 0 Å². The quantitative estimate of drug-likeness (QED) is 0.661. The zero-order valence-corrected chi connectivity index (χ0v) is 14.9. The third-order valence-electron chi connectivity index (χ3n) is 3.63. The summed E-state index contributed by atoms with van der Waals surface area (Å²) in [7, 11) is 0. The van der Waals surface area contributed by atoms with Gasteiger partial charge in [-0.1, -0.05) is 60.7 Å². The van der Waals surface area contributed by atoms with E-state index in [0.29, 0.717) is 22.9 Å². The van der Waals surface area contributed by atoms with Gasteiger partial charge in [-0.3, -0.25) is 4.79 Å². The highest BCUT2D eigenvalue weighted by atomic mass is 35.5. The standard InChI is InChI=1S/C20H20ClNO4/c1-2-10-26-18-9-8-15(11-16(18)21)12-17(20(24)25)22-19(23)13-14-6-4-3-5-7-14/h2-9,11,17H,1,10,12-13H2,(H,22,23)(H,24,25)/t17-/m1/s1. The van der Waals surface area contributed by atoms with Crippen LogP contribution in [0.4, 0.5) is 0 Å². The van der Waals surface area contributed by atoms with Crippen LogP contribution in [-0.2, 0) is 22.4 Å². The lowest BCUT2D eigenvalue weighted by Crippen LogP contribution is -2.43. The smallest absolute Gasteiger partial charge is 0.326 e. The fourth-order valence-electron chi connectivity index (χ4n) is 2.40. The number of halogens is 1. The van der Waals surface area contributed by atoms with Gasteiger partial charge in [0.1, 0.15) is 18.4 Å². The van der Waals surface area contributed by atoms with Gasteiger partial charge in [-0.15, -0.1) is 0 Å². The van der Waals surface area contributed by atoms with Gasteiger partial charge < -0.3 is 15.2 Å². The van der Waals surface area contributed by atoms with Crippen LogP contribution in [-0.4, -0.2) is 29.6 Å². The Labute approximate surface area is 157 Å². The number of hydrogen-bond acceptors (Lipinski definition) is 3. The minimum absolute atomic E-state index is 0.122. The molecule has 2 aromatic rings. The van der Waals surface area contributed by atoms with Crippen LogP contribution in [0.25, 0.3) is 0 Å². The first-order valence-electron chi connectivity index (χ1n) is 8.08. The molecule has 0 unspecified atom stereocenters. The maximum atomic E-state index is 12.1. The van der Waals surface area contributed by atoms with Crippen LogP contribution in [0.2, 0.25) is 5.02 Å². The van der Waals surface area contributed by atoms with E-state index in [2.05, 4.69) is 11.9 Å². The Morgan fingerprint density at radius 3 is 2.54 bits per heavy atom. The summed E-state index contributed by atoms with van der Waals surface area (Å²) >= 11 is 6.15. The lowest BCUT2D eigenvalue weighted by Gasteiger charge is -2.15. The van der Waals surface area contributed by atoms with Crippen molar-refractivity contribution in [2.24, 2.45) is 0 Å².